The summed E-state index contributed by atoms with van der Waals surface area (Å²) in [4.78, 5) is 57.8. The first-order chi connectivity index (χ1) is 23.1. The van der Waals surface area contributed by atoms with Crippen molar-refractivity contribution in [1.29, 1.82) is 0 Å². The summed E-state index contributed by atoms with van der Waals surface area (Å²) in [6.45, 7) is 7.47. The van der Waals surface area contributed by atoms with E-state index in [0.717, 1.165) is 16.3 Å². The standard InChI is InChI=1S/C34H44Cl3N5O7/c1-20(2)28(29(44)39-21(3)30(45)42-13-5-6-27(41-42)31(46)49-19-34(35,36)37)40-32(47)33(11-14-48-15-12-33)10-9-26-17-25-16-23(22(4)43)7-8-24(25)18-38-26/h7-10,16-18,20-22,27-28,41,43H,5-6,11-15,19H2,1-4H3,(H,39,44)(H,40,47)/t21-,22+,27-,28-/m0/s1. The van der Waals surface area contributed by atoms with Gasteiger partial charge in [-0.15, -0.1) is 0 Å². The number of alkyl halides is 3. The predicted octanol–water partition coefficient (Wildman–Crippen LogP) is 4.15. The maximum absolute atomic E-state index is 14.0. The van der Waals surface area contributed by atoms with Crippen molar-refractivity contribution < 1.29 is 33.8 Å². The van der Waals surface area contributed by atoms with E-state index in [1.807, 2.05) is 44.2 Å². The van der Waals surface area contributed by atoms with Gasteiger partial charge in [0.2, 0.25) is 15.6 Å². The van der Waals surface area contributed by atoms with Gasteiger partial charge in [-0.1, -0.05) is 66.9 Å². The van der Waals surface area contributed by atoms with Gasteiger partial charge in [0.1, 0.15) is 24.7 Å². The van der Waals surface area contributed by atoms with Gasteiger partial charge in [-0.2, -0.15) is 0 Å². The van der Waals surface area contributed by atoms with Crippen molar-refractivity contribution in [3.8, 4) is 0 Å². The number of esters is 1. The molecule has 2 aromatic rings. The Hall–Kier alpha value is -3.00. The number of pyridine rings is 1. The van der Waals surface area contributed by atoms with Gasteiger partial charge in [-0.05, 0) is 74.6 Å². The van der Waals surface area contributed by atoms with Crippen molar-refractivity contribution in [2.75, 3.05) is 26.4 Å². The minimum atomic E-state index is -1.76. The van der Waals surface area contributed by atoms with Crippen LogP contribution in [0.2, 0.25) is 0 Å². The molecule has 0 bridgehead atoms. The van der Waals surface area contributed by atoms with E-state index in [2.05, 4.69) is 21.0 Å². The van der Waals surface area contributed by atoms with Crippen LogP contribution in [0.3, 0.4) is 0 Å². The first-order valence-electron chi connectivity index (χ1n) is 16.4. The van der Waals surface area contributed by atoms with Crippen molar-refractivity contribution in [2.45, 2.75) is 81.4 Å². The molecule has 4 atom stereocenters. The highest BCUT2D eigenvalue weighted by molar-refractivity contribution is 6.67. The van der Waals surface area contributed by atoms with Gasteiger partial charge in [0.25, 0.3) is 5.91 Å². The molecule has 2 aliphatic heterocycles. The lowest BCUT2D eigenvalue weighted by molar-refractivity contribution is -0.152. The zero-order valence-corrected chi connectivity index (χ0v) is 30.3. The predicted molar refractivity (Wildman–Crippen MR) is 187 cm³/mol. The van der Waals surface area contributed by atoms with E-state index in [4.69, 9.17) is 44.3 Å². The van der Waals surface area contributed by atoms with E-state index in [1.165, 1.54) is 11.9 Å². The molecule has 0 unspecified atom stereocenters. The number of hydrazine groups is 1. The molecule has 3 heterocycles. The second kappa shape index (κ2) is 16.8. The maximum atomic E-state index is 14.0. The maximum Gasteiger partial charge on any atom is 0.325 e. The van der Waals surface area contributed by atoms with Crippen LogP contribution in [0.15, 0.2) is 36.5 Å². The first-order valence-corrected chi connectivity index (χ1v) is 17.5. The van der Waals surface area contributed by atoms with Crippen molar-refractivity contribution in [2.24, 2.45) is 11.3 Å². The number of fused-ring (bicyclic) bond motifs is 1. The van der Waals surface area contributed by atoms with Crippen LogP contribution in [0.25, 0.3) is 16.8 Å². The van der Waals surface area contributed by atoms with Crippen molar-refractivity contribution in [1.82, 2.24) is 26.1 Å². The molecule has 49 heavy (non-hydrogen) atoms. The molecule has 0 spiro atoms. The van der Waals surface area contributed by atoms with Gasteiger partial charge in [0.15, 0.2) is 0 Å². The third-order valence-corrected chi connectivity index (χ3v) is 9.07. The Morgan fingerprint density at radius 2 is 1.84 bits per heavy atom. The largest absolute Gasteiger partial charge is 0.460 e. The quantitative estimate of drug-likeness (QED) is 0.196. The van der Waals surface area contributed by atoms with Gasteiger partial charge in [0, 0.05) is 31.3 Å². The van der Waals surface area contributed by atoms with E-state index < -0.39 is 57.8 Å². The number of aliphatic hydroxyl groups excluding tert-OH is 1. The molecule has 12 nitrogen and oxygen atoms in total. The lowest BCUT2D eigenvalue weighted by atomic mass is 9.78. The third kappa shape index (κ3) is 10.5. The molecule has 0 saturated carbocycles. The number of aliphatic hydroxyl groups is 1. The Labute approximate surface area is 301 Å². The number of nitrogens with zero attached hydrogens (tertiary/aromatic N) is 2. The number of hydrogen-bond acceptors (Lipinski definition) is 9. The molecule has 0 radical (unpaired) electrons. The lowest BCUT2D eigenvalue weighted by Crippen LogP contribution is -2.61. The second-order valence-electron chi connectivity index (χ2n) is 13.0. The highest BCUT2D eigenvalue weighted by atomic mass is 35.6. The number of benzene rings is 1. The molecule has 0 aliphatic carbocycles. The van der Waals surface area contributed by atoms with Crippen molar-refractivity contribution in [3.05, 3.63) is 47.8 Å². The lowest BCUT2D eigenvalue weighted by Gasteiger charge is -2.36. The average molecular weight is 741 g/mol. The van der Waals surface area contributed by atoms with Crippen LogP contribution in [0, 0.1) is 11.3 Å². The summed E-state index contributed by atoms with van der Waals surface area (Å²) in [5.74, 6) is -2.28. The minimum Gasteiger partial charge on any atom is -0.460 e. The third-order valence-electron chi connectivity index (χ3n) is 8.74. The smallest absolute Gasteiger partial charge is 0.325 e. The molecule has 2 aliphatic rings. The van der Waals surface area contributed by atoms with Gasteiger partial charge in [-0.3, -0.25) is 29.2 Å². The van der Waals surface area contributed by atoms with Crippen LogP contribution in [0.1, 0.15) is 70.7 Å². The molecule has 15 heteroatoms. The second-order valence-corrected chi connectivity index (χ2v) is 15.5. The molecule has 4 rings (SSSR count). The number of halogens is 3. The monoisotopic (exact) mass is 739 g/mol. The Kier molecular flexibility index (Phi) is 13.3. The number of nitrogens with one attached hydrogen (secondary N) is 3. The Balaban J connectivity index is 1.43. The van der Waals surface area contributed by atoms with Gasteiger partial charge in [-0.25, -0.2) is 5.43 Å². The minimum absolute atomic E-state index is 0.303. The molecule has 3 amide bonds. The highest BCUT2D eigenvalue weighted by Crippen LogP contribution is 2.34. The number of ether oxygens (including phenoxy) is 2. The van der Waals surface area contributed by atoms with Gasteiger partial charge in [0.05, 0.1) is 17.2 Å². The van der Waals surface area contributed by atoms with Crippen LogP contribution in [-0.2, 0) is 28.7 Å². The normalized spacial score (nSPS) is 20.1. The summed E-state index contributed by atoms with van der Waals surface area (Å²) in [5.41, 5.74) is 3.32. The molecule has 268 valence electrons. The topological polar surface area (TPSA) is 159 Å². The Bertz CT molecular complexity index is 1540. The summed E-state index contributed by atoms with van der Waals surface area (Å²) in [6.07, 6.45) is 6.50. The Morgan fingerprint density at radius 3 is 2.49 bits per heavy atom. The fourth-order valence-electron chi connectivity index (χ4n) is 5.76. The van der Waals surface area contributed by atoms with Crippen molar-refractivity contribution in [3.63, 3.8) is 0 Å². The summed E-state index contributed by atoms with van der Waals surface area (Å²) in [7, 11) is 0. The molecule has 1 aromatic carbocycles. The van der Waals surface area contributed by atoms with Crippen molar-refractivity contribution >= 4 is 75.3 Å². The average Bonchev–Trinajstić information content (AvgIpc) is 3.07. The van der Waals surface area contributed by atoms with E-state index in [9.17, 15) is 24.3 Å². The fraction of sp³-hybridized carbons (Fsp3) is 0.559. The number of aromatic nitrogens is 1. The molecular weight excluding hydrogens is 697 g/mol. The molecule has 2 saturated heterocycles. The molecule has 4 N–H and O–H groups in total. The summed E-state index contributed by atoms with van der Waals surface area (Å²) < 4.78 is 8.87. The SMILES string of the molecule is CC(C)[C@H](NC(=O)C1(C=Cc2cc3cc([C@@H](C)O)ccc3cn2)CCOCC1)C(=O)N[C@@H](C)C(=O)N1CCC[C@@H](C(=O)OCC(Cl)(Cl)Cl)N1. The van der Waals surface area contributed by atoms with E-state index in [0.29, 0.717) is 51.1 Å². The molecule has 1 aromatic heterocycles. The zero-order chi connectivity index (χ0) is 35.9. The summed E-state index contributed by atoms with van der Waals surface area (Å²) >= 11 is 17.0. The Morgan fingerprint density at radius 1 is 1.12 bits per heavy atom. The zero-order valence-electron chi connectivity index (χ0n) is 28.0. The number of carbonyl (C=O) groups excluding carboxylic acids is 4. The summed E-state index contributed by atoms with van der Waals surface area (Å²) in [5, 5.41) is 18.8. The van der Waals surface area contributed by atoms with Gasteiger partial charge < -0.3 is 25.2 Å². The number of amides is 3. The summed E-state index contributed by atoms with van der Waals surface area (Å²) in [6, 6.07) is 4.84. The van der Waals surface area contributed by atoms with Crippen LogP contribution in [0.4, 0.5) is 0 Å². The highest BCUT2D eigenvalue weighted by Gasteiger charge is 2.41. The first kappa shape index (κ1) is 38.8. The van der Waals surface area contributed by atoms with Crippen LogP contribution >= 0.6 is 34.8 Å². The van der Waals surface area contributed by atoms with Crippen LogP contribution < -0.4 is 16.1 Å². The van der Waals surface area contributed by atoms with Crippen LogP contribution in [0.5, 0.6) is 0 Å². The number of carbonyl (C=O) groups is 4. The number of hydrogen-bond donors (Lipinski definition) is 4. The van der Waals surface area contributed by atoms with Gasteiger partial charge >= 0.3 is 5.97 Å². The van der Waals surface area contributed by atoms with E-state index >= 15 is 0 Å². The number of rotatable bonds is 11. The molecule has 2 fully saturated rings. The van der Waals surface area contributed by atoms with E-state index in [-0.39, 0.29) is 11.8 Å². The fourth-order valence-corrected chi connectivity index (χ4v) is 5.93. The van der Waals surface area contributed by atoms with Crippen LogP contribution in [-0.4, -0.2) is 87.1 Å². The molecular formula is C34H44Cl3N5O7. The van der Waals surface area contributed by atoms with E-state index in [1.54, 1.807) is 19.2 Å².